The molecule has 0 aliphatic carbocycles. The van der Waals surface area contributed by atoms with Crippen molar-refractivity contribution in [1.82, 2.24) is 14.9 Å². The van der Waals surface area contributed by atoms with Crippen LogP contribution in [0.4, 0.5) is 0 Å². The third-order valence-electron chi connectivity index (χ3n) is 2.77. The smallest absolute Gasteiger partial charge is 0.139 e. The zero-order valence-corrected chi connectivity index (χ0v) is 10.4. The van der Waals surface area contributed by atoms with Crippen LogP contribution in [0.5, 0.6) is 0 Å². The standard InChI is InChI=1S/C14H19N3/c1-3-15-12(2)11-17-10-9-16-14(17)13-7-5-4-6-8-13/h4-10,12,15H,3,11H2,1-2H3. The molecule has 1 N–H and O–H groups in total. The molecule has 0 saturated carbocycles. The molecule has 0 spiro atoms. The molecule has 2 aromatic rings. The van der Waals surface area contributed by atoms with Gasteiger partial charge in [0.15, 0.2) is 0 Å². The van der Waals surface area contributed by atoms with Gasteiger partial charge in [-0.25, -0.2) is 4.98 Å². The molecule has 1 unspecified atom stereocenters. The second-order valence-corrected chi connectivity index (χ2v) is 4.23. The lowest BCUT2D eigenvalue weighted by molar-refractivity contribution is 0.492. The Morgan fingerprint density at radius 2 is 2.06 bits per heavy atom. The highest BCUT2D eigenvalue weighted by molar-refractivity contribution is 5.55. The summed E-state index contributed by atoms with van der Waals surface area (Å²) in [5.41, 5.74) is 1.17. The van der Waals surface area contributed by atoms with E-state index in [1.165, 1.54) is 5.56 Å². The molecule has 0 saturated heterocycles. The fourth-order valence-corrected chi connectivity index (χ4v) is 2.01. The van der Waals surface area contributed by atoms with Crippen LogP contribution in [-0.4, -0.2) is 22.1 Å². The Bertz CT molecular complexity index is 448. The molecule has 0 aliphatic rings. The van der Waals surface area contributed by atoms with Crippen molar-refractivity contribution >= 4 is 0 Å². The van der Waals surface area contributed by atoms with Gasteiger partial charge in [0.1, 0.15) is 5.82 Å². The average Bonchev–Trinajstić information content (AvgIpc) is 2.78. The largest absolute Gasteiger partial charge is 0.329 e. The van der Waals surface area contributed by atoms with Crippen LogP contribution in [-0.2, 0) is 6.54 Å². The van der Waals surface area contributed by atoms with E-state index < -0.39 is 0 Å². The SMILES string of the molecule is CCNC(C)Cn1ccnc1-c1ccccc1. The van der Waals surface area contributed by atoms with E-state index in [-0.39, 0.29) is 0 Å². The van der Waals surface area contributed by atoms with Gasteiger partial charge in [-0.15, -0.1) is 0 Å². The van der Waals surface area contributed by atoms with Gasteiger partial charge in [0.25, 0.3) is 0 Å². The van der Waals surface area contributed by atoms with Crippen molar-refractivity contribution in [3.63, 3.8) is 0 Å². The number of nitrogens with one attached hydrogen (secondary N) is 1. The van der Waals surface area contributed by atoms with Gasteiger partial charge in [-0.2, -0.15) is 0 Å². The molecule has 1 aromatic heterocycles. The summed E-state index contributed by atoms with van der Waals surface area (Å²) in [4.78, 5) is 4.43. The Morgan fingerprint density at radius 1 is 1.29 bits per heavy atom. The van der Waals surface area contributed by atoms with E-state index >= 15 is 0 Å². The Kier molecular flexibility index (Phi) is 3.94. The molecule has 1 atom stereocenters. The quantitative estimate of drug-likeness (QED) is 0.854. The molecule has 0 amide bonds. The van der Waals surface area contributed by atoms with Gasteiger partial charge in [0.2, 0.25) is 0 Å². The molecule has 2 rings (SSSR count). The lowest BCUT2D eigenvalue weighted by atomic mass is 10.2. The molecule has 1 aromatic carbocycles. The summed E-state index contributed by atoms with van der Waals surface area (Å²) < 4.78 is 2.20. The van der Waals surface area contributed by atoms with Crippen LogP contribution in [0.25, 0.3) is 11.4 Å². The average molecular weight is 229 g/mol. The fraction of sp³-hybridized carbons (Fsp3) is 0.357. The van der Waals surface area contributed by atoms with Gasteiger partial charge in [0, 0.05) is 30.5 Å². The highest BCUT2D eigenvalue weighted by atomic mass is 15.1. The summed E-state index contributed by atoms with van der Waals surface area (Å²) in [6.07, 6.45) is 3.90. The zero-order chi connectivity index (χ0) is 12.1. The number of nitrogens with zero attached hydrogens (tertiary/aromatic N) is 2. The first kappa shape index (κ1) is 11.9. The monoisotopic (exact) mass is 229 g/mol. The highest BCUT2D eigenvalue weighted by Crippen LogP contribution is 2.16. The molecule has 0 fully saturated rings. The van der Waals surface area contributed by atoms with Crippen molar-refractivity contribution in [1.29, 1.82) is 0 Å². The third kappa shape index (κ3) is 2.94. The van der Waals surface area contributed by atoms with E-state index in [4.69, 9.17) is 0 Å². The van der Waals surface area contributed by atoms with E-state index in [9.17, 15) is 0 Å². The maximum Gasteiger partial charge on any atom is 0.139 e. The summed E-state index contributed by atoms with van der Waals surface area (Å²) in [7, 11) is 0. The summed E-state index contributed by atoms with van der Waals surface area (Å²) in [6.45, 7) is 6.26. The first-order valence-corrected chi connectivity index (χ1v) is 6.11. The van der Waals surface area contributed by atoms with Crippen molar-refractivity contribution in [3.8, 4) is 11.4 Å². The minimum atomic E-state index is 0.455. The zero-order valence-electron chi connectivity index (χ0n) is 10.4. The van der Waals surface area contributed by atoms with Gasteiger partial charge in [-0.05, 0) is 13.5 Å². The summed E-state index contributed by atoms with van der Waals surface area (Å²) in [6, 6.07) is 10.8. The minimum absolute atomic E-state index is 0.455. The van der Waals surface area contributed by atoms with Gasteiger partial charge >= 0.3 is 0 Å². The van der Waals surface area contributed by atoms with Crippen molar-refractivity contribution in [2.24, 2.45) is 0 Å². The van der Waals surface area contributed by atoms with Crippen LogP contribution in [0.15, 0.2) is 42.7 Å². The second kappa shape index (κ2) is 5.64. The molecule has 3 nitrogen and oxygen atoms in total. The normalized spacial score (nSPS) is 12.6. The number of benzene rings is 1. The molecule has 90 valence electrons. The Morgan fingerprint density at radius 3 is 2.76 bits per heavy atom. The second-order valence-electron chi connectivity index (χ2n) is 4.23. The number of likely N-dealkylation sites (N-methyl/N-ethyl adjacent to an activating group) is 1. The number of hydrogen-bond acceptors (Lipinski definition) is 2. The van der Waals surface area contributed by atoms with Crippen LogP contribution in [0.3, 0.4) is 0 Å². The summed E-state index contributed by atoms with van der Waals surface area (Å²) in [5.74, 6) is 1.04. The topological polar surface area (TPSA) is 29.9 Å². The first-order valence-electron chi connectivity index (χ1n) is 6.11. The van der Waals surface area contributed by atoms with Crippen LogP contribution in [0, 0.1) is 0 Å². The van der Waals surface area contributed by atoms with Crippen molar-refractivity contribution < 1.29 is 0 Å². The van der Waals surface area contributed by atoms with E-state index in [0.29, 0.717) is 6.04 Å². The molecule has 3 heteroatoms. The van der Waals surface area contributed by atoms with Crippen molar-refractivity contribution in [3.05, 3.63) is 42.7 Å². The summed E-state index contributed by atoms with van der Waals surface area (Å²) in [5, 5.41) is 3.41. The number of imidazole rings is 1. The third-order valence-corrected chi connectivity index (χ3v) is 2.77. The van der Waals surface area contributed by atoms with Gasteiger partial charge < -0.3 is 9.88 Å². The molecule has 0 radical (unpaired) electrons. The molecule has 0 bridgehead atoms. The van der Waals surface area contributed by atoms with Crippen LogP contribution < -0.4 is 5.32 Å². The van der Waals surface area contributed by atoms with E-state index in [1.54, 1.807) is 0 Å². The Balaban J connectivity index is 2.18. The van der Waals surface area contributed by atoms with Crippen LogP contribution >= 0.6 is 0 Å². The molecular formula is C14H19N3. The number of hydrogen-bond donors (Lipinski definition) is 1. The summed E-state index contributed by atoms with van der Waals surface area (Å²) >= 11 is 0. The molecule has 1 heterocycles. The minimum Gasteiger partial charge on any atom is -0.329 e. The number of rotatable bonds is 5. The van der Waals surface area contributed by atoms with Crippen LogP contribution in [0.2, 0.25) is 0 Å². The lowest BCUT2D eigenvalue weighted by Gasteiger charge is -2.15. The predicted octanol–water partition coefficient (Wildman–Crippen LogP) is 2.55. The van der Waals surface area contributed by atoms with Gasteiger partial charge in [-0.1, -0.05) is 37.3 Å². The Hall–Kier alpha value is -1.61. The van der Waals surface area contributed by atoms with Gasteiger partial charge in [0.05, 0.1) is 0 Å². The van der Waals surface area contributed by atoms with Crippen molar-refractivity contribution in [2.75, 3.05) is 6.54 Å². The fourth-order valence-electron chi connectivity index (χ4n) is 2.01. The Labute approximate surface area is 103 Å². The maximum atomic E-state index is 4.43. The van der Waals surface area contributed by atoms with E-state index in [2.05, 4.69) is 40.8 Å². The highest BCUT2D eigenvalue weighted by Gasteiger charge is 2.07. The van der Waals surface area contributed by atoms with E-state index in [1.807, 2.05) is 30.6 Å². The van der Waals surface area contributed by atoms with Crippen LogP contribution in [0.1, 0.15) is 13.8 Å². The lowest BCUT2D eigenvalue weighted by Crippen LogP contribution is -2.30. The number of aromatic nitrogens is 2. The first-order chi connectivity index (χ1) is 8.31. The predicted molar refractivity (Wildman–Crippen MR) is 70.8 cm³/mol. The van der Waals surface area contributed by atoms with Gasteiger partial charge in [-0.3, -0.25) is 0 Å². The molecule has 0 aliphatic heterocycles. The molecule has 17 heavy (non-hydrogen) atoms. The maximum absolute atomic E-state index is 4.43. The molecular weight excluding hydrogens is 210 g/mol. The van der Waals surface area contributed by atoms with E-state index in [0.717, 1.165) is 18.9 Å². The van der Waals surface area contributed by atoms with Crippen molar-refractivity contribution in [2.45, 2.75) is 26.4 Å².